The van der Waals surface area contributed by atoms with E-state index in [4.69, 9.17) is 5.73 Å². The van der Waals surface area contributed by atoms with Crippen LogP contribution in [0.3, 0.4) is 0 Å². The molecule has 1 atom stereocenters. The first-order valence-electron chi connectivity index (χ1n) is 6.82. The van der Waals surface area contributed by atoms with E-state index in [1.165, 1.54) is 0 Å². The van der Waals surface area contributed by atoms with Crippen LogP contribution in [0.25, 0.3) is 0 Å². The van der Waals surface area contributed by atoms with Gasteiger partial charge in [0.25, 0.3) is 0 Å². The highest BCUT2D eigenvalue weighted by Crippen LogP contribution is 2.29. The molecule has 0 radical (unpaired) electrons. The van der Waals surface area contributed by atoms with E-state index in [1.54, 1.807) is 0 Å². The fourth-order valence-corrected chi connectivity index (χ4v) is 2.91. The summed E-state index contributed by atoms with van der Waals surface area (Å²) in [5.74, 6) is -0.348. The average molecular weight is 274 g/mol. The van der Waals surface area contributed by atoms with Crippen LogP contribution >= 0.6 is 0 Å². The zero-order valence-corrected chi connectivity index (χ0v) is 11.2. The normalized spacial score (nSPS) is 20.3. The van der Waals surface area contributed by atoms with Crippen LogP contribution in [-0.4, -0.2) is 42.9 Å². The number of nitrogens with zero attached hydrogens (tertiary/aromatic N) is 1. The quantitative estimate of drug-likeness (QED) is 0.701. The SMILES string of the molecule is NC(=O)C(c1ccc2c(c1)CC(=O)N2)N1CCNCC1. The van der Waals surface area contributed by atoms with Gasteiger partial charge in [0.2, 0.25) is 11.8 Å². The van der Waals surface area contributed by atoms with Gasteiger partial charge in [-0.15, -0.1) is 0 Å². The second-order valence-electron chi connectivity index (χ2n) is 5.23. The van der Waals surface area contributed by atoms with Gasteiger partial charge in [-0.05, 0) is 17.2 Å². The number of benzene rings is 1. The molecule has 2 aliphatic rings. The predicted molar refractivity (Wildman–Crippen MR) is 75.2 cm³/mol. The van der Waals surface area contributed by atoms with E-state index in [0.29, 0.717) is 6.42 Å². The highest BCUT2D eigenvalue weighted by Gasteiger charge is 2.28. The van der Waals surface area contributed by atoms with Gasteiger partial charge in [0.15, 0.2) is 0 Å². The lowest BCUT2D eigenvalue weighted by molar-refractivity contribution is -0.123. The third-order valence-electron chi connectivity index (χ3n) is 3.86. The number of carbonyl (C=O) groups is 2. The zero-order valence-electron chi connectivity index (χ0n) is 11.2. The number of amides is 2. The van der Waals surface area contributed by atoms with Crippen LogP contribution in [0.1, 0.15) is 17.2 Å². The van der Waals surface area contributed by atoms with Gasteiger partial charge in [-0.2, -0.15) is 0 Å². The number of anilines is 1. The standard InChI is InChI=1S/C14H18N4O2/c15-14(20)13(18-5-3-16-4-6-18)9-1-2-11-10(7-9)8-12(19)17-11/h1-2,7,13,16H,3-6,8H2,(H2,15,20)(H,17,19). The number of hydrogen-bond acceptors (Lipinski definition) is 4. The molecular weight excluding hydrogens is 256 g/mol. The monoisotopic (exact) mass is 274 g/mol. The van der Waals surface area contributed by atoms with Crippen LogP contribution in [0.4, 0.5) is 5.69 Å². The van der Waals surface area contributed by atoms with Crippen LogP contribution in [0.2, 0.25) is 0 Å². The average Bonchev–Trinajstić information content (AvgIpc) is 2.79. The van der Waals surface area contributed by atoms with Crippen LogP contribution in [0.15, 0.2) is 18.2 Å². The molecule has 0 aromatic heterocycles. The van der Waals surface area contributed by atoms with Gasteiger partial charge >= 0.3 is 0 Å². The summed E-state index contributed by atoms with van der Waals surface area (Å²) >= 11 is 0. The minimum absolute atomic E-state index is 0.00468. The van der Waals surface area contributed by atoms with Crippen molar-refractivity contribution in [2.75, 3.05) is 31.5 Å². The van der Waals surface area contributed by atoms with E-state index >= 15 is 0 Å². The summed E-state index contributed by atoms with van der Waals surface area (Å²) in [5, 5.41) is 6.05. The third kappa shape index (κ3) is 2.39. The highest BCUT2D eigenvalue weighted by molar-refractivity contribution is 5.99. The summed E-state index contributed by atoms with van der Waals surface area (Å²) < 4.78 is 0. The van der Waals surface area contributed by atoms with Gasteiger partial charge in [0.1, 0.15) is 6.04 Å². The molecule has 1 aromatic carbocycles. The molecule has 4 N–H and O–H groups in total. The van der Waals surface area contributed by atoms with Gasteiger partial charge in [-0.1, -0.05) is 12.1 Å². The molecule has 0 aliphatic carbocycles. The Labute approximate surface area is 117 Å². The third-order valence-corrected chi connectivity index (χ3v) is 3.86. The predicted octanol–water partition coefficient (Wildman–Crippen LogP) is -0.387. The molecule has 6 nitrogen and oxygen atoms in total. The Morgan fingerprint density at radius 3 is 2.75 bits per heavy atom. The first-order valence-corrected chi connectivity index (χ1v) is 6.82. The molecule has 1 saturated heterocycles. The highest BCUT2D eigenvalue weighted by atomic mass is 16.2. The topological polar surface area (TPSA) is 87.5 Å². The molecule has 0 bridgehead atoms. The Hall–Kier alpha value is -1.92. The number of nitrogens with two attached hydrogens (primary N) is 1. The summed E-state index contributed by atoms with van der Waals surface area (Å²) in [7, 11) is 0. The van der Waals surface area contributed by atoms with E-state index in [-0.39, 0.29) is 11.8 Å². The zero-order chi connectivity index (χ0) is 14.1. The van der Waals surface area contributed by atoms with Gasteiger partial charge in [0, 0.05) is 31.9 Å². The van der Waals surface area contributed by atoms with Crippen LogP contribution in [0.5, 0.6) is 0 Å². The molecular formula is C14H18N4O2. The second-order valence-corrected chi connectivity index (χ2v) is 5.23. The second kappa shape index (κ2) is 5.22. The maximum absolute atomic E-state index is 11.8. The number of piperazine rings is 1. The molecule has 3 rings (SSSR count). The van der Waals surface area contributed by atoms with Crippen molar-refractivity contribution >= 4 is 17.5 Å². The van der Waals surface area contributed by atoms with E-state index in [0.717, 1.165) is 43.0 Å². The van der Waals surface area contributed by atoms with Crippen molar-refractivity contribution in [1.29, 1.82) is 0 Å². The summed E-state index contributed by atoms with van der Waals surface area (Å²) in [4.78, 5) is 25.3. The van der Waals surface area contributed by atoms with Gasteiger partial charge < -0.3 is 16.4 Å². The number of hydrogen-bond donors (Lipinski definition) is 3. The maximum atomic E-state index is 11.8. The number of fused-ring (bicyclic) bond motifs is 1. The van der Waals surface area contributed by atoms with Crippen molar-refractivity contribution in [3.63, 3.8) is 0 Å². The fourth-order valence-electron chi connectivity index (χ4n) is 2.91. The summed E-state index contributed by atoms with van der Waals surface area (Å²) in [6.45, 7) is 3.30. The van der Waals surface area contributed by atoms with Crippen molar-refractivity contribution in [2.24, 2.45) is 5.73 Å². The van der Waals surface area contributed by atoms with Crippen molar-refractivity contribution in [3.05, 3.63) is 29.3 Å². The number of primary amides is 1. The van der Waals surface area contributed by atoms with E-state index in [2.05, 4.69) is 15.5 Å². The van der Waals surface area contributed by atoms with Crippen molar-refractivity contribution in [3.8, 4) is 0 Å². The first-order chi connectivity index (χ1) is 9.65. The van der Waals surface area contributed by atoms with E-state index in [9.17, 15) is 9.59 Å². The Morgan fingerprint density at radius 1 is 1.30 bits per heavy atom. The van der Waals surface area contributed by atoms with Gasteiger partial charge in [0.05, 0.1) is 6.42 Å². The molecule has 2 amide bonds. The van der Waals surface area contributed by atoms with Crippen molar-refractivity contribution in [1.82, 2.24) is 10.2 Å². The largest absolute Gasteiger partial charge is 0.368 e. The number of nitrogens with one attached hydrogen (secondary N) is 2. The van der Waals surface area contributed by atoms with E-state index < -0.39 is 6.04 Å². The molecule has 1 fully saturated rings. The molecule has 106 valence electrons. The molecule has 2 aliphatic heterocycles. The fraction of sp³-hybridized carbons (Fsp3) is 0.429. The summed E-state index contributed by atoms with van der Waals surface area (Å²) in [6, 6.07) is 5.23. The summed E-state index contributed by atoms with van der Waals surface area (Å²) in [5.41, 5.74) is 8.23. The molecule has 0 spiro atoms. The molecule has 6 heteroatoms. The Kier molecular flexibility index (Phi) is 3.42. The van der Waals surface area contributed by atoms with Crippen molar-refractivity contribution in [2.45, 2.75) is 12.5 Å². The van der Waals surface area contributed by atoms with Crippen molar-refractivity contribution < 1.29 is 9.59 Å². The van der Waals surface area contributed by atoms with Gasteiger partial charge in [-0.3, -0.25) is 14.5 Å². The summed E-state index contributed by atoms with van der Waals surface area (Å²) in [6.07, 6.45) is 0.371. The number of rotatable bonds is 3. The van der Waals surface area contributed by atoms with Gasteiger partial charge in [-0.25, -0.2) is 0 Å². The van der Waals surface area contributed by atoms with Crippen LogP contribution in [-0.2, 0) is 16.0 Å². The Balaban J connectivity index is 1.90. The minimum atomic E-state index is -0.418. The lowest BCUT2D eigenvalue weighted by atomic mass is 10.00. The number of carbonyl (C=O) groups excluding carboxylic acids is 2. The molecule has 2 heterocycles. The minimum Gasteiger partial charge on any atom is -0.368 e. The van der Waals surface area contributed by atoms with E-state index in [1.807, 2.05) is 18.2 Å². The molecule has 1 unspecified atom stereocenters. The lowest BCUT2D eigenvalue weighted by Crippen LogP contribution is -2.48. The molecule has 20 heavy (non-hydrogen) atoms. The molecule has 1 aromatic rings. The first kappa shape index (κ1) is 13.1. The van der Waals surface area contributed by atoms with Crippen LogP contribution < -0.4 is 16.4 Å². The van der Waals surface area contributed by atoms with Crippen LogP contribution in [0, 0.1) is 0 Å². The molecule has 0 saturated carbocycles. The maximum Gasteiger partial charge on any atom is 0.239 e. The lowest BCUT2D eigenvalue weighted by Gasteiger charge is -2.33. The Bertz CT molecular complexity index is 552. The smallest absolute Gasteiger partial charge is 0.239 e. The Morgan fingerprint density at radius 2 is 2.05 bits per heavy atom.